The molecular formula is C10H14F6N2O2. The van der Waals surface area contributed by atoms with E-state index in [4.69, 9.17) is 10.5 Å². The third-order valence-electron chi connectivity index (χ3n) is 2.89. The molecule has 20 heavy (non-hydrogen) atoms. The van der Waals surface area contributed by atoms with Crippen LogP contribution in [-0.2, 0) is 9.53 Å². The number of carbonyl (C=O) groups excluding carboxylic acids is 1. The maximum atomic E-state index is 12.5. The third-order valence-corrected chi connectivity index (χ3v) is 2.89. The molecule has 1 rings (SSSR count). The normalized spacial score (nSPS) is 23.1. The van der Waals surface area contributed by atoms with Crippen LogP contribution in [0, 0.1) is 5.92 Å². The first-order valence-electron chi connectivity index (χ1n) is 5.74. The zero-order valence-electron chi connectivity index (χ0n) is 10.5. The molecule has 0 aliphatic carbocycles. The van der Waals surface area contributed by atoms with Crippen molar-refractivity contribution in [2.75, 3.05) is 19.7 Å². The second kappa shape index (κ2) is 5.76. The van der Waals surface area contributed by atoms with Gasteiger partial charge >= 0.3 is 12.4 Å². The molecule has 2 N–H and O–H groups in total. The molecule has 118 valence electrons. The summed E-state index contributed by atoms with van der Waals surface area (Å²) in [5, 5.41) is 0. The second-order valence-electron chi connectivity index (χ2n) is 4.57. The molecule has 4 nitrogen and oxygen atoms in total. The van der Waals surface area contributed by atoms with E-state index in [1.807, 2.05) is 0 Å². The van der Waals surface area contributed by atoms with E-state index in [-0.39, 0.29) is 19.7 Å². The number of rotatable bonds is 2. The van der Waals surface area contributed by atoms with Gasteiger partial charge in [-0.15, -0.1) is 0 Å². The predicted octanol–water partition coefficient (Wildman–Crippen LogP) is 1.30. The number of carbonyl (C=O) groups is 1. The third kappa shape index (κ3) is 3.98. The van der Waals surface area contributed by atoms with Crippen LogP contribution >= 0.6 is 0 Å². The number of amides is 1. The molecule has 0 aromatic heterocycles. The fourth-order valence-corrected chi connectivity index (χ4v) is 1.84. The summed E-state index contributed by atoms with van der Waals surface area (Å²) >= 11 is 0. The lowest BCUT2D eigenvalue weighted by Crippen LogP contribution is -2.56. The van der Waals surface area contributed by atoms with E-state index < -0.39 is 36.3 Å². The van der Waals surface area contributed by atoms with Gasteiger partial charge in [0.15, 0.2) is 0 Å². The van der Waals surface area contributed by atoms with Crippen LogP contribution in [-0.4, -0.2) is 55.0 Å². The predicted molar refractivity (Wildman–Crippen MR) is 55.6 cm³/mol. The van der Waals surface area contributed by atoms with Crippen LogP contribution in [0.1, 0.15) is 6.92 Å². The summed E-state index contributed by atoms with van der Waals surface area (Å²) in [6.45, 7) is 0.619. The molecular weight excluding hydrogens is 294 g/mol. The van der Waals surface area contributed by atoms with E-state index in [0.717, 1.165) is 0 Å². The molecule has 2 unspecified atom stereocenters. The van der Waals surface area contributed by atoms with Crippen LogP contribution < -0.4 is 5.73 Å². The Balaban J connectivity index is 2.90. The van der Waals surface area contributed by atoms with Gasteiger partial charge in [-0.25, -0.2) is 0 Å². The Morgan fingerprint density at radius 1 is 1.25 bits per heavy atom. The summed E-state index contributed by atoms with van der Waals surface area (Å²) in [6, 6.07) is -0.610. The minimum absolute atomic E-state index is 0.152. The average molecular weight is 308 g/mol. The van der Waals surface area contributed by atoms with Crippen molar-refractivity contribution in [1.82, 2.24) is 4.90 Å². The van der Waals surface area contributed by atoms with E-state index in [0.29, 0.717) is 4.90 Å². The minimum Gasteiger partial charge on any atom is -0.373 e. The highest BCUT2D eigenvalue weighted by Crippen LogP contribution is 2.40. The van der Waals surface area contributed by atoms with Gasteiger partial charge in [0.2, 0.25) is 11.8 Å². The molecule has 0 bridgehead atoms. The quantitative estimate of drug-likeness (QED) is 0.782. The molecule has 0 radical (unpaired) electrons. The van der Waals surface area contributed by atoms with E-state index in [2.05, 4.69) is 0 Å². The fraction of sp³-hybridized carbons (Fsp3) is 0.900. The number of morpholine rings is 1. The number of ether oxygens (including phenoxy) is 1. The van der Waals surface area contributed by atoms with Gasteiger partial charge in [0, 0.05) is 19.1 Å². The van der Waals surface area contributed by atoms with E-state index in [9.17, 15) is 31.1 Å². The summed E-state index contributed by atoms with van der Waals surface area (Å²) < 4.78 is 79.8. The van der Waals surface area contributed by atoms with Crippen molar-refractivity contribution < 1.29 is 35.9 Å². The molecule has 2 atom stereocenters. The van der Waals surface area contributed by atoms with Crippen molar-refractivity contribution >= 4 is 5.91 Å². The van der Waals surface area contributed by atoms with Gasteiger partial charge in [-0.05, 0) is 6.92 Å². The first kappa shape index (κ1) is 17.0. The van der Waals surface area contributed by atoms with Crippen molar-refractivity contribution in [2.45, 2.75) is 31.4 Å². The van der Waals surface area contributed by atoms with Gasteiger partial charge in [-0.1, -0.05) is 0 Å². The summed E-state index contributed by atoms with van der Waals surface area (Å²) in [7, 11) is 0. The molecule has 0 aromatic rings. The Bertz CT molecular complexity index is 341. The maximum Gasteiger partial charge on any atom is 0.409 e. The standard InChI is InChI=1S/C10H14F6N2O2/c1-5(17)6-4-18(2-3-20-6)8(19)7(9(11,12)13)10(14,15)16/h5-7H,2-4,17H2,1H3. The smallest absolute Gasteiger partial charge is 0.373 e. The van der Waals surface area contributed by atoms with Crippen LogP contribution in [0.25, 0.3) is 0 Å². The van der Waals surface area contributed by atoms with Crippen LogP contribution in [0.2, 0.25) is 0 Å². The number of hydrogen-bond donors (Lipinski definition) is 1. The van der Waals surface area contributed by atoms with Crippen molar-refractivity contribution in [3.8, 4) is 0 Å². The Hall–Kier alpha value is -1.03. The number of alkyl halides is 6. The summed E-state index contributed by atoms with van der Waals surface area (Å²) in [4.78, 5) is 12.1. The molecule has 1 saturated heterocycles. The van der Waals surface area contributed by atoms with E-state index >= 15 is 0 Å². The Morgan fingerprint density at radius 3 is 2.15 bits per heavy atom. The largest absolute Gasteiger partial charge is 0.409 e. The van der Waals surface area contributed by atoms with Gasteiger partial charge in [0.1, 0.15) is 0 Å². The molecule has 1 aliphatic heterocycles. The topological polar surface area (TPSA) is 55.6 Å². The zero-order chi connectivity index (χ0) is 15.7. The lowest BCUT2D eigenvalue weighted by molar-refractivity contribution is -0.278. The van der Waals surface area contributed by atoms with Crippen LogP contribution in [0.5, 0.6) is 0 Å². The van der Waals surface area contributed by atoms with Gasteiger partial charge in [0.25, 0.3) is 0 Å². The molecule has 1 aliphatic rings. The number of hydrogen-bond acceptors (Lipinski definition) is 3. The number of nitrogens with zero attached hydrogens (tertiary/aromatic N) is 1. The van der Waals surface area contributed by atoms with Crippen LogP contribution in [0.4, 0.5) is 26.3 Å². The maximum absolute atomic E-state index is 12.5. The van der Waals surface area contributed by atoms with Crippen LogP contribution in [0.3, 0.4) is 0 Å². The first-order valence-corrected chi connectivity index (χ1v) is 5.74. The van der Waals surface area contributed by atoms with Crippen LogP contribution in [0.15, 0.2) is 0 Å². The highest BCUT2D eigenvalue weighted by molar-refractivity contribution is 5.80. The fourth-order valence-electron chi connectivity index (χ4n) is 1.84. The zero-order valence-corrected chi connectivity index (χ0v) is 10.5. The van der Waals surface area contributed by atoms with Crippen molar-refractivity contribution in [3.05, 3.63) is 0 Å². The second-order valence-corrected chi connectivity index (χ2v) is 4.57. The Morgan fingerprint density at radius 2 is 1.75 bits per heavy atom. The molecule has 10 heteroatoms. The van der Waals surface area contributed by atoms with E-state index in [1.165, 1.54) is 6.92 Å². The number of halogens is 6. The van der Waals surface area contributed by atoms with Gasteiger partial charge < -0.3 is 15.4 Å². The molecule has 1 fully saturated rings. The van der Waals surface area contributed by atoms with Gasteiger partial charge in [-0.2, -0.15) is 26.3 Å². The number of nitrogens with two attached hydrogens (primary N) is 1. The Labute approximate surface area is 110 Å². The van der Waals surface area contributed by atoms with Gasteiger partial charge in [-0.3, -0.25) is 4.79 Å². The molecule has 0 spiro atoms. The Kier molecular flexibility index (Phi) is 4.90. The van der Waals surface area contributed by atoms with Gasteiger partial charge in [0.05, 0.1) is 12.7 Å². The molecule has 0 saturated carbocycles. The molecule has 0 aromatic carbocycles. The molecule has 1 amide bonds. The highest BCUT2D eigenvalue weighted by Gasteiger charge is 2.62. The van der Waals surface area contributed by atoms with Crippen molar-refractivity contribution in [1.29, 1.82) is 0 Å². The minimum atomic E-state index is -5.68. The molecule has 1 heterocycles. The average Bonchev–Trinajstić information content (AvgIpc) is 2.25. The first-order chi connectivity index (χ1) is 8.94. The van der Waals surface area contributed by atoms with Crippen molar-refractivity contribution in [3.63, 3.8) is 0 Å². The monoisotopic (exact) mass is 308 g/mol. The van der Waals surface area contributed by atoms with E-state index in [1.54, 1.807) is 0 Å². The lowest BCUT2D eigenvalue weighted by Gasteiger charge is -2.37. The summed E-state index contributed by atoms with van der Waals surface area (Å²) in [6.07, 6.45) is -12.1. The van der Waals surface area contributed by atoms with Crippen molar-refractivity contribution in [2.24, 2.45) is 11.7 Å². The summed E-state index contributed by atoms with van der Waals surface area (Å²) in [5.41, 5.74) is 5.47. The SMILES string of the molecule is CC(N)C1CN(C(=O)C(C(F)(F)F)C(F)(F)F)CCO1. The lowest BCUT2D eigenvalue weighted by atomic mass is 10.1. The highest BCUT2D eigenvalue weighted by atomic mass is 19.4. The summed E-state index contributed by atoms with van der Waals surface area (Å²) in [5.74, 6) is -6.03.